The van der Waals surface area contributed by atoms with Crippen molar-refractivity contribution in [2.45, 2.75) is 58.0 Å². The van der Waals surface area contributed by atoms with Crippen molar-refractivity contribution >= 4 is 5.91 Å². The van der Waals surface area contributed by atoms with Gasteiger partial charge in [-0.3, -0.25) is 4.79 Å². The average Bonchev–Trinajstić information content (AvgIpc) is 2.73. The molecule has 0 aliphatic heterocycles. The van der Waals surface area contributed by atoms with E-state index in [0.29, 0.717) is 24.7 Å². The van der Waals surface area contributed by atoms with E-state index in [9.17, 15) is 4.79 Å². The third-order valence-corrected chi connectivity index (χ3v) is 4.22. The molecule has 1 saturated carbocycles. The van der Waals surface area contributed by atoms with Gasteiger partial charge in [-0.2, -0.15) is 0 Å². The van der Waals surface area contributed by atoms with Gasteiger partial charge in [0.1, 0.15) is 5.69 Å². The zero-order valence-corrected chi connectivity index (χ0v) is 12.3. The van der Waals surface area contributed by atoms with Gasteiger partial charge in [0.05, 0.1) is 6.33 Å². The van der Waals surface area contributed by atoms with Crippen LogP contribution in [-0.4, -0.2) is 28.0 Å². The third-order valence-electron chi connectivity index (χ3n) is 4.22. The molecular weight excluding hydrogens is 252 g/mol. The Labute approximate surface area is 120 Å². The van der Waals surface area contributed by atoms with Crippen LogP contribution >= 0.6 is 0 Å². The summed E-state index contributed by atoms with van der Waals surface area (Å²) in [5, 5.41) is 3.10. The molecule has 112 valence electrons. The molecule has 1 amide bonds. The highest BCUT2D eigenvalue weighted by Gasteiger charge is 2.21. The second-order valence-electron chi connectivity index (χ2n) is 5.80. The predicted octanol–water partition coefficient (Wildman–Crippen LogP) is 1.93. The minimum absolute atomic E-state index is 0.0717. The van der Waals surface area contributed by atoms with E-state index in [1.54, 1.807) is 12.5 Å². The molecule has 1 aromatic rings. The second kappa shape index (κ2) is 7.43. The Kier molecular flexibility index (Phi) is 5.59. The van der Waals surface area contributed by atoms with E-state index in [2.05, 4.69) is 17.2 Å². The summed E-state index contributed by atoms with van der Waals surface area (Å²) in [5.41, 5.74) is 5.97. The summed E-state index contributed by atoms with van der Waals surface area (Å²) in [6.07, 6.45) is 11.1. The van der Waals surface area contributed by atoms with Gasteiger partial charge in [-0.1, -0.05) is 25.7 Å². The lowest BCUT2D eigenvalue weighted by Crippen LogP contribution is -2.38. The molecule has 3 N–H and O–H groups in total. The van der Waals surface area contributed by atoms with Crippen molar-refractivity contribution in [2.24, 2.45) is 11.7 Å². The van der Waals surface area contributed by atoms with Crippen molar-refractivity contribution in [1.29, 1.82) is 0 Å². The van der Waals surface area contributed by atoms with E-state index in [0.717, 1.165) is 0 Å². The highest BCUT2D eigenvalue weighted by molar-refractivity contribution is 5.92. The van der Waals surface area contributed by atoms with Crippen molar-refractivity contribution in [3.05, 3.63) is 18.2 Å². The quantitative estimate of drug-likeness (QED) is 0.808. The van der Waals surface area contributed by atoms with Crippen LogP contribution in [0.15, 0.2) is 12.5 Å². The van der Waals surface area contributed by atoms with Gasteiger partial charge < -0.3 is 15.6 Å². The minimum Gasteiger partial charge on any atom is -0.348 e. The highest BCUT2D eigenvalue weighted by atomic mass is 16.2. The third kappa shape index (κ3) is 4.07. The zero-order valence-electron chi connectivity index (χ0n) is 12.3. The van der Waals surface area contributed by atoms with Crippen LogP contribution in [-0.2, 0) is 6.54 Å². The molecule has 1 aromatic heterocycles. The number of hydrogen-bond acceptors (Lipinski definition) is 3. The number of hydrogen-bond donors (Lipinski definition) is 2. The lowest BCUT2D eigenvalue weighted by molar-refractivity contribution is 0.0919. The first-order chi connectivity index (χ1) is 9.70. The minimum atomic E-state index is -0.0717. The SMILES string of the molecule is C[C@@H](NC(=O)c1cn(CCN)cn1)C1CCCCCC1. The molecule has 0 unspecified atom stereocenters. The Morgan fingerprint density at radius 2 is 2.15 bits per heavy atom. The fourth-order valence-electron chi connectivity index (χ4n) is 2.96. The van der Waals surface area contributed by atoms with Crippen LogP contribution in [0.4, 0.5) is 0 Å². The first-order valence-electron chi connectivity index (χ1n) is 7.73. The molecule has 20 heavy (non-hydrogen) atoms. The summed E-state index contributed by atoms with van der Waals surface area (Å²) in [6.45, 7) is 3.36. The highest BCUT2D eigenvalue weighted by Crippen LogP contribution is 2.25. The lowest BCUT2D eigenvalue weighted by Gasteiger charge is -2.23. The van der Waals surface area contributed by atoms with E-state index in [1.165, 1.54) is 38.5 Å². The molecule has 2 rings (SSSR count). The Morgan fingerprint density at radius 1 is 1.45 bits per heavy atom. The predicted molar refractivity (Wildman–Crippen MR) is 79.4 cm³/mol. The van der Waals surface area contributed by atoms with Gasteiger partial charge in [0.2, 0.25) is 0 Å². The normalized spacial score (nSPS) is 18.5. The van der Waals surface area contributed by atoms with Crippen LogP contribution in [0.25, 0.3) is 0 Å². The van der Waals surface area contributed by atoms with Crippen molar-refractivity contribution in [1.82, 2.24) is 14.9 Å². The number of aromatic nitrogens is 2. The standard InChI is InChI=1S/C15H26N4O/c1-12(13-6-4-2-3-5-7-13)18-15(20)14-10-19(9-8-16)11-17-14/h10-13H,2-9,16H2,1H3,(H,18,20)/t12-/m1/s1. The van der Waals surface area contributed by atoms with Gasteiger partial charge in [0, 0.05) is 25.3 Å². The first-order valence-corrected chi connectivity index (χ1v) is 7.73. The fraction of sp³-hybridized carbons (Fsp3) is 0.733. The van der Waals surface area contributed by atoms with Crippen LogP contribution in [0, 0.1) is 5.92 Å². The Hall–Kier alpha value is -1.36. The molecule has 0 aromatic carbocycles. The fourth-order valence-corrected chi connectivity index (χ4v) is 2.96. The summed E-state index contributed by atoms with van der Waals surface area (Å²) in [6, 6.07) is 0.222. The van der Waals surface area contributed by atoms with Crippen LogP contribution in [0.5, 0.6) is 0 Å². The van der Waals surface area contributed by atoms with Crippen molar-refractivity contribution in [3.63, 3.8) is 0 Å². The van der Waals surface area contributed by atoms with E-state index in [1.807, 2.05) is 4.57 Å². The molecule has 1 aliphatic rings. The largest absolute Gasteiger partial charge is 0.348 e. The van der Waals surface area contributed by atoms with Gasteiger partial charge in [-0.05, 0) is 25.7 Å². The molecule has 1 atom stereocenters. The molecule has 0 radical (unpaired) electrons. The number of nitrogens with two attached hydrogens (primary N) is 1. The van der Waals surface area contributed by atoms with Crippen molar-refractivity contribution < 1.29 is 4.79 Å². The first kappa shape index (κ1) is 15.0. The number of amides is 1. The Balaban J connectivity index is 1.88. The number of carbonyl (C=O) groups excluding carboxylic acids is 1. The summed E-state index contributed by atoms with van der Waals surface area (Å²) in [7, 11) is 0. The molecule has 0 spiro atoms. The van der Waals surface area contributed by atoms with Gasteiger partial charge in [0.15, 0.2) is 0 Å². The molecule has 0 saturated heterocycles. The topological polar surface area (TPSA) is 72.9 Å². The van der Waals surface area contributed by atoms with Crippen molar-refractivity contribution in [3.8, 4) is 0 Å². The zero-order chi connectivity index (χ0) is 14.4. The average molecular weight is 278 g/mol. The molecule has 0 bridgehead atoms. The smallest absolute Gasteiger partial charge is 0.271 e. The Morgan fingerprint density at radius 3 is 2.80 bits per heavy atom. The van der Waals surface area contributed by atoms with Crippen LogP contribution in [0.1, 0.15) is 55.9 Å². The van der Waals surface area contributed by atoms with E-state index in [-0.39, 0.29) is 11.9 Å². The lowest BCUT2D eigenvalue weighted by atomic mass is 9.93. The molecular formula is C15H26N4O. The summed E-state index contributed by atoms with van der Waals surface area (Å²) < 4.78 is 1.85. The number of nitrogens with zero attached hydrogens (tertiary/aromatic N) is 2. The molecule has 5 nitrogen and oxygen atoms in total. The van der Waals surface area contributed by atoms with Crippen LogP contribution in [0.2, 0.25) is 0 Å². The van der Waals surface area contributed by atoms with Gasteiger partial charge >= 0.3 is 0 Å². The Bertz CT molecular complexity index is 421. The second-order valence-corrected chi connectivity index (χ2v) is 5.80. The number of carbonyl (C=O) groups is 1. The molecule has 1 aliphatic carbocycles. The van der Waals surface area contributed by atoms with E-state index in [4.69, 9.17) is 5.73 Å². The summed E-state index contributed by atoms with van der Waals surface area (Å²) >= 11 is 0. The van der Waals surface area contributed by atoms with Crippen LogP contribution in [0.3, 0.4) is 0 Å². The molecule has 1 fully saturated rings. The maximum atomic E-state index is 12.2. The van der Waals surface area contributed by atoms with E-state index >= 15 is 0 Å². The monoisotopic (exact) mass is 278 g/mol. The summed E-state index contributed by atoms with van der Waals surface area (Å²) in [5.74, 6) is 0.532. The maximum absolute atomic E-state index is 12.2. The van der Waals surface area contributed by atoms with Crippen LogP contribution < -0.4 is 11.1 Å². The number of rotatable bonds is 5. The number of nitrogens with one attached hydrogen (secondary N) is 1. The van der Waals surface area contributed by atoms with E-state index < -0.39 is 0 Å². The molecule has 1 heterocycles. The molecule has 5 heteroatoms. The summed E-state index contributed by atoms with van der Waals surface area (Å²) in [4.78, 5) is 16.3. The van der Waals surface area contributed by atoms with Crippen molar-refractivity contribution in [2.75, 3.05) is 6.54 Å². The van der Waals surface area contributed by atoms with Gasteiger partial charge in [-0.15, -0.1) is 0 Å². The number of imidazole rings is 1. The van der Waals surface area contributed by atoms with Gasteiger partial charge in [0.25, 0.3) is 5.91 Å². The van der Waals surface area contributed by atoms with Gasteiger partial charge in [-0.25, -0.2) is 4.98 Å². The maximum Gasteiger partial charge on any atom is 0.271 e.